The van der Waals surface area contributed by atoms with Crippen LogP contribution in [0.25, 0.3) is 11.1 Å². The van der Waals surface area contributed by atoms with E-state index in [4.69, 9.17) is 23.7 Å². The zero-order chi connectivity index (χ0) is 28.4. The molecule has 4 rings (SSSR count). The number of rotatable bonds is 7. The summed E-state index contributed by atoms with van der Waals surface area (Å²) in [6.45, 7) is 0.786. The van der Waals surface area contributed by atoms with Gasteiger partial charge in [-0.2, -0.15) is 0 Å². The summed E-state index contributed by atoms with van der Waals surface area (Å²) in [5.41, 5.74) is 2.15. The number of hydrogen-bond acceptors (Lipinski definition) is 11. The molecule has 12 nitrogen and oxygen atoms in total. The maximum Gasteiger partial charge on any atom is 0.229 e. The highest BCUT2D eigenvalue weighted by molar-refractivity contribution is 5.83. The van der Waals surface area contributed by atoms with Crippen LogP contribution in [0.1, 0.15) is 30.5 Å². The Morgan fingerprint density at radius 1 is 1.00 bits per heavy atom. The van der Waals surface area contributed by atoms with E-state index in [2.05, 4.69) is 5.32 Å². The second-order valence-corrected chi connectivity index (χ2v) is 9.36. The summed E-state index contributed by atoms with van der Waals surface area (Å²) in [6, 6.07) is 5.87. The number of aliphatic hydroxyl groups is 4. The van der Waals surface area contributed by atoms with E-state index in [-0.39, 0.29) is 34.3 Å². The molecule has 1 heterocycles. The number of carbonyl (C=O) groups is 1. The number of benzene rings is 1. The summed E-state index contributed by atoms with van der Waals surface area (Å²) >= 11 is 0. The lowest BCUT2D eigenvalue weighted by molar-refractivity contribution is -0.277. The summed E-state index contributed by atoms with van der Waals surface area (Å²) in [4.78, 5) is 24.9. The van der Waals surface area contributed by atoms with E-state index in [1.165, 1.54) is 34.3 Å². The number of methoxy groups -OCH3 is 3. The number of nitrogens with one attached hydrogen (secondary N) is 1. The first-order valence-corrected chi connectivity index (χ1v) is 12.4. The smallest absolute Gasteiger partial charge is 0.229 e. The average molecular weight is 548 g/mol. The van der Waals surface area contributed by atoms with E-state index in [9.17, 15) is 30.0 Å². The standard InChI is InChI=1S/C27H33NO11/c1-12(30)28-16-7-5-13-9-19(38-27-24(34)23(33)22(32)20(11-29)39-27)25(36-3)26(37-4)21(13)14-6-8-18(35-2)17(31)10-15(14)16/h6,8-10,16,20,22-24,27,29,32-34H,5,7,11H2,1-4H3,(H,28,30)/t16-,20-,22-,23+,24-,27-/m0/s1. The summed E-state index contributed by atoms with van der Waals surface area (Å²) in [7, 11) is 4.23. The van der Waals surface area contributed by atoms with Gasteiger partial charge < -0.3 is 49.4 Å². The molecule has 0 spiro atoms. The van der Waals surface area contributed by atoms with Crippen molar-refractivity contribution in [2.75, 3.05) is 27.9 Å². The molecule has 39 heavy (non-hydrogen) atoms. The fourth-order valence-corrected chi connectivity index (χ4v) is 5.09. The SMILES string of the molecule is COc1c(O[C@H]2O[C@@H](CO)[C@H](O)[C@@H](O)[C@@H]2O)cc2c(c1OC)-c1ccc(OC)c(=O)cc1[C@@H](NC(C)=O)CC2. The third kappa shape index (κ3) is 5.38. The highest BCUT2D eigenvalue weighted by Gasteiger charge is 2.45. The number of fused-ring (bicyclic) bond motifs is 3. The minimum atomic E-state index is -1.64. The Balaban J connectivity index is 1.89. The molecular weight excluding hydrogens is 514 g/mol. The van der Waals surface area contributed by atoms with Gasteiger partial charge in [0.1, 0.15) is 24.4 Å². The molecule has 1 saturated heterocycles. The molecule has 1 amide bonds. The Labute approximate surface area is 224 Å². The van der Waals surface area contributed by atoms with E-state index in [0.717, 1.165) is 5.56 Å². The molecular formula is C27H33NO11. The number of ether oxygens (including phenoxy) is 5. The van der Waals surface area contributed by atoms with Crippen molar-refractivity contribution in [3.8, 4) is 34.1 Å². The van der Waals surface area contributed by atoms with Crippen LogP contribution in [0.5, 0.6) is 23.0 Å². The predicted molar refractivity (Wildman–Crippen MR) is 137 cm³/mol. The van der Waals surface area contributed by atoms with Crippen LogP contribution in [0.4, 0.5) is 0 Å². The molecule has 2 aromatic rings. The van der Waals surface area contributed by atoms with Gasteiger partial charge in [0.2, 0.25) is 23.4 Å². The molecule has 6 atom stereocenters. The zero-order valence-electron chi connectivity index (χ0n) is 22.0. The Morgan fingerprint density at radius 2 is 1.72 bits per heavy atom. The predicted octanol–water partition coefficient (Wildman–Crippen LogP) is 0.0417. The molecule has 0 radical (unpaired) electrons. The molecule has 1 fully saturated rings. The lowest BCUT2D eigenvalue weighted by Crippen LogP contribution is -2.60. The van der Waals surface area contributed by atoms with Crippen molar-refractivity contribution in [1.29, 1.82) is 0 Å². The second-order valence-electron chi connectivity index (χ2n) is 9.36. The first-order valence-electron chi connectivity index (χ1n) is 12.4. The van der Waals surface area contributed by atoms with Gasteiger partial charge in [-0.05, 0) is 47.7 Å². The van der Waals surface area contributed by atoms with Crippen LogP contribution in [0.2, 0.25) is 0 Å². The monoisotopic (exact) mass is 547 g/mol. The molecule has 5 N–H and O–H groups in total. The van der Waals surface area contributed by atoms with Crippen LogP contribution in [0.15, 0.2) is 29.1 Å². The van der Waals surface area contributed by atoms with Crippen molar-refractivity contribution in [3.63, 3.8) is 0 Å². The van der Waals surface area contributed by atoms with Crippen LogP contribution < -0.4 is 29.7 Å². The van der Waals surface area contributed by atoms with Gasteiger partial charge in [0.15, 0.2) is 17.2 Å². The fourth-order valence-electron chi connectivity index (χ4n) is 5.09. The first-order chi connectivity index (χ1) is 18.6. The molecule has 0 unspecified atom stereocenters. The normalized spacial score (nSPS) is 25.9. The van der Waals surface area contributed by atoms with Gasteiger partial charge in [0.05, 0.1) is 34.0 Å². The van der Waals surface area contributed by atoms with E-state index in [1.54, 1.807) is 18.2 Å². The molecule has 0 saturated carbocycles. The van der Waals surface area contributed by atoms with Gasteiger partial charge in [-0.3, -0.25) is 9.59 Å². The van der Waals surface area contributed by atoms with Crippen molar-refractivity contribution in [2.24, 2.45) is 0 Å². The quantitative estimate of drug-likeness (QED) is 0.317. The number of aryl methyl sites for hydroxylation is 1. The van der Waals surface area contributed by atoms with Crippen molar-refractivity contribution >= 4 is 5.91 Å². The highest BCUT2D eigenvalue weighted by Crippen LogP contribution is 2.50. The number of hydrogen-bond donors (Lipinski definition) is 5. The molecule has 212 valence electrons. The third-order valence-electron chi connectivity index (χ3n) is 6.97. The largest absolute Gasteiger partial charge is 0.493 e. The van der Waals surface area contributed by atoms with Gasteiger partial charge in [0.25, 0.3) is 0 Å². The lowest BCUT2D eigenvalue weighted by Gasteiger charge is -2.39. The van der Waals surface area contributed by atoms with Crippen LogP contribution in [-0.2, 0) is 16.0 Å². The summed E-state index contributed by atoms with van der Waals surface area (Å²) in [5, 5.41) is 43.3. The third-order valence-corrected chi connectivity index (χ3v) is 6.97. The highest BCUT2D eigenvalue weighted by atomic mass is 16.7. The maximum absolute atomic E-state index is 12.9. The van der Waals surface area contributed by atoms with Crippen LogP contribution in [0, 0.1) is 0 Å². The Morgan fingerprint density at radius 3 is 2.33 bits per heavy atom. The first kappa shape index (κ1) is 28.6. The minimum absolute atomic E-state index is 0.111. The minimum Gasteiger partial charge on any atom is -0.493 e. The fraction of sp³-hybridized carbons (Fsp3) is 0.481. The summed E-state index contributed by atoms with van der Waals surface area (Å²) in [5.74, 6) is 0.368. The van der Waals surface area contributed by atoms with Crippen LogP contribution >= 0.6 is 0 Å². The van der Waals surface area contributed by atoms with Crippen molar-refractivity contribution in [1.82, 2.24) is 5.32 Å². The summed E-state index contributed by atoms with van der Waals surface area (Å²) < 4.78 is 28.1. The van der Waals surface area contributed by atoms with Gasteiger partial charge >= 0.3 is 0 Å². The molecule has 0 aromatic heterocycles. The molecule has 2 aliphatic rings. The summed E-state index contributed by atoms with van der Waals surface area (Å²) in [6.07, 6.45) is -6.56. The van der Waals surface area contributed by atoms with Crippen molar-refractivity contribution in [3.05, 3.63) is 45.6 Å². The zero-order valence-corrected chi connectivity index (χ0v) is 22.0. The molecule has 2 aromatic carbocycles. The molecule has 0 bridgehead atoms. The van der Waals surface area contributed by atoms with Gasteiger partial charge in [-0.1, -0.05) is 6.07 Å². The van der Waals surface area contributed by atoms with Crippen molar-refractivity contribution < 1.29 is 48.9 Å². The van der Waals surface area contributed by atoms with Crippen molar-refractivity contribution in [2.45, 2.75) is 56.5 Å². The molecule has 1 aliphatic carbocycles. The Bertz CT molecular complexity index is 1280. The van der Waals surface area contributed by atoms with E-state index < -0.39 is 43.4 Å². The second kappa shape index (κ2) is 11.8. The maximum atomic E-state index is 12.9. The van der Waals surface area contributed by atoms with Gasteiger partial charge in [-0.15, -0.1) is 0 Å². The average Bonchev–Trinajstić information content (AvgIpc) is 3.16. The Hall–Kier alpha value is -3.42. The van der Waals surface area contributed by atoms with E-state index in [0.29, 0.717) is 29.5 Å². The van der Waals surface area contributed by atoms with Gasteiger partial charge in [-0.25, -0.2) is 0 Å². The van der Waals surface area contributed by atoms with E-state index >= 15 is 0 Å². The number of amides is 1. The van der Waals surface area contributed by atoms with E-state index in [1.807, 2.05) is 0 Å². The molecule has 1 aliphatic heterocycles. The van der Waals surface area contributed by atoms with Crippen LogP contribution in [0.3, 0.4) is 0 Å². The number of aliphatic hydroxyl groups excluding tert-OH is 4. The van der Waals surface area contributed by atoms with Gasteiger partial charge in [0, 0.05) is 12.5 Å². The molecule has 12 heteroatoms. The topological polar surface area (TPSA) is 173 Å². The Kier molecular flexibility index (Phi) is 8.62. The van der Waals surface area contributed by atoms with Crippen LogP contribution in [-0.4, -0.2) is 85.0 Å². The number of carbonyl (C=O) groups excluding carboxylic acids is 1. The lowest BCUT2D eigenvalue weighted by atomic mass is 9.95.